The van der Waals surface area contributed by atoms with Crippen LogP contribution in [0.2, 0.25) is 0 Å². The van der Waals surface area contributed by atoms with Gasteiger partial charge in [0.25, 0.3) is 0 Å². The van der Waals surface area contributed by atoms with E-state index in [1.54, 1.807) is 0 Å². The zero-order chi connectivity index (χ0) is 0. The Hall–Kier alpha value is 2.21. The largest absolute Gasteiger partial charge is 1.00 e. The summed E-state index contributed by atoms with van der Waals surface area (Å²) < 4.78 is 0. The van der Waals surface area contributed by atoms with E-state index >= 15 is 0 Å². The van der Waals surface area contributed by atoms with Gasteiger partial charge in [0.15, 0.2) is 0 Å². The Balaban J connectivity index is 0. The molecule has 0 aliphatic rings. The Kier molecular flexibility index (Phi) is 393. The average Bonchev–Trinajstić information content (AvgIpc) is 0. The van der Waals surface area contributed by atoms with Gasteiger partial charge < -0.3 is 23.4 Å². The predicted octanol–water partition coefficient (Wildman–Crippen LogP) is -9.99. The molecule has 0 saturated carbocycles. The number of hydrogen-bond donors (Lipinski definition) is 0. The standard InChI is InChI=1S/ClH.2Na.2H2O/h1H;;;2*1H2/q;2*+1;;/p-2. The van der Waals surface area contributed by atoms with Crippen LogP contribution in [0.1, 0.15) is 0 Å². The van der Waals surface area contributed by atoms with Gasteiger partial charge in [0.05, 0.1) is 0 Å². The van der Waals surface area contributed by atoms with Crippen molar-refractivity contribution in [2.24, 2.45) is 0 Å². The van der Waals surface area contributed by atoms with E-state index in [1.165, 1.54) is 0 Å². The summed E-state index contributed by atoms with van der Waals surface area (Å²) in [5.41, 5.74) is 0. The normalized spacial score (nSPS) is 0. The third kappa shape index (κ3) is 22.5. The van der Waals surface area contributed by atoms with Gasteiger partial charge >= 0.3 is 59.1 Å². The van der Waals surface area contributed by atoms with Gasteiger partial charge in [-0.3, -0.25) is 0 Å². The van der Waals surface area contributed by atoms with Crippen LogP contribution in [0.3, 0.4) is 0 Å². The van der Waals surface area contributed by atoms with Gasteiger partial charge in [-0.2, -0.15) is 0 Å². The molecule has 0 aliphatic heterocycles. The first-order chi connectivity index (χ1) is 0. The predicted molar refractivity (Wildman–Crippen MR) is 5.55 cm³/mol. The molecule has 0 fully saturated rings. The molecule has 0 radical (unpaired) electrons. The van der Waals surface area contributed by atoms with Crippen LogP contribution >= 0.6 is 0 Å². The molecule has 5 heteroatoms. The average molecular weight is 116 g/mol. The molecule has 0 aromatic heterocycles. The first kappa shape index (κ1) is 56.9. The molecule has 0 spiro atoms. The maximum Gasteiger partial charge on any atom is 1.00 e. The van der Waals surface area contributed by atoms with E-state index in [1.807, 2.05) is 0 Å². The van der Waals surface area contributed by atoms with Crippen LogP contribution < -0.4 is 71.5 Å². The minimum Gasteiger partial charge on any atom is -1.00 e. The third-order valence-corrected chi connectivity index (χ3v) is 0. The Morgan fingerprint density at radius 3 is 0.800 bits per heavy atom. The van der Waals surface area contributed by atoms with Gasteiger partial charge in [-0.15, -0.1) is 0 Å². The van der Waals surface area contributed by atoms with E-state index in [0.717, 1.165) is 0 Å². The van der Waals surface area contributed by atoms with Crippen molar-refractivity contribution in [3.05, 3.63) is 0 Å². The minimum absolute atomic E-state index is 0. The van der Waals surface area contributed by atoms with Crippen LogP contribution in [0.15, 0.2) is 0 Å². The van der Waals surface area contributed by atoms with Crippen molar-refractivity contribution >= 4 is 0 Å². The van der Waals surface area contributed by atoms with Gasteiger partial charge in [-0.1, -0.05) is 0 Å². The quantitative estimate of drug-likeness (QED) is 0.290. The van der Waals surface area contributed by atoms with E-state index in [-0.39, 0.29) is 82.5 Å². The fraction of sp³-hybridized carbons (Fsp3) is 0. The molecular weight excluding hydrogens is 113 g/mol. The summed E-state index contributed by atoms with van der Waals surface area (Å²) in [6.45, 7) is 0. The van der Waals surface area contributed by atoms with Gasteiger partial charge in [-0.05, 0) is 0 Å². The Morgan fingerprint density at radius 1 is 0.800 bits per heavy atom. The fourth-order valence-corrected chi connectivity index (χ4v) is 0. The summed E-state index contributed by atoms with van der Waals surface area (Å²) in [6, 6.07) is 0. The van der Waals surface area contributed by atoms with Gasteiger partial charge in [0.1, 0.15) is 0 Å². The topological polar surface area (TPSA) is 61.5 Å². The van der Waals surface area contributed by atoms with E-state index < -0.39 is 0 Å². The molecule has 5 heavy (non-hydrogen) atoms. The molecule has 0 aromatic carbocycles. The summed E-state index contributed by atoms with van der Waals surface area (Å²) in [4.78, 5) is 0. The van der Waals surface area contributed by atoms with Crippen molar-refractivity contribution < 1.29 is 82.5 Å². The maximum atomic E-state index is 0. The summed E-state index contributed by atoms with van der Waals surface area (Å²) in [7, 11) is 0. The summed E-state index contributed by atoms with van der Waals surface area (Å²) in [6.07, 6.45) is 0. The number of halogens is 1. The van der Waals surface area contributed by atoms with Crippen LogP contribution in [-0.4, -0.2) is 11.0 Å². The second kappa shape index (κ2) is 34.5. The second-order valence-corrected chi connectivity index (χ2v) is 0. The molecule has 0 unspecified atom stereocenters. The fourth-order valence-electron chi connectivity index (χ4n) is 0. The minimum atomic E-state index is 0. The van der Waals surface area contributed by atoms with E-state index in [2.05, 4.69) is 0 Å². The molecule has 0 amide bonds. The molecule has 0 saturated heterocycles. The van der Waals surface area contributed by atoms with Crippen molar-refractivity contribution in [2.45, 2.75) is 0 Å². The number of hydrogen-bond acceptors (Lipinski definition) is 1. The van der Waals surface area contributed by atoms with E-state index in [4.69, 9.17) is 0 Å². The maximum absolute atomic E-state index is 0. The molecule has 2 nitrogen and oxygen atoms in total. The van der Waals surface area contributed by atoms with E-state index in [9.17, 15) is 0 Å². The molecule has 0 aromatic rings. The van der Waals surface area contributed by atoms with Crippen molar-refractivity contribution in [3.63, 3.8) is 0 Å². The number of rotatable bonds is 0. The molecule has 24 valence electrons. The third-order valence-electron chi connectivity index (χ3n) is 0. The Morgan fingerprint density at radius 2 is 0.800 bits per heavy atom. The summed E-state index contributed by atoms with van der Waals surface area (Å²) >= 11 is 0. The molecule has 0 heterocycles. The Bertz CT molecular complexity index is 7.61. The smallest absolute Gasteiger partial charge is 1.00 e. The molecule has 0 atom stereocenters. The van der Waals surface area contributed by atoms with Crippen LogP contribution in [0, 0.1) is 0 Å². The molecule has 3 N–H and O–H groups in total. The van der Waals surface area contributed by atoms with Crippen LogP contribution in [0.4, 0.5) is 0 Å². The van der Waals surface area contributed by atoms with Crippen molar-refractivity contribution in [2.75, 3.05) is 0 Å². The van der Waals surface area contributed by atoms with Crippen molar-refractivity contribution in [1.82, 2.24) is 0 Å². The van der Waals surface area contributed by atoms with Gasteiger partial charge in [0, 0.05) is 0 Å². The zero-order valence-electron chi connectivity index (χ0n) is 3.33. The van der Waals surface area contributed by atoms with Crippen molar-refractivity contribution in [1.29, 1.82) is 0 Å². The SMILES string of the molecule is O.[Cl-].[Na+].[Na+].[OH-]. The first-order valence-corrected chi connectivity index (χ1v) is 0. The van der Waals surface area contributed by atoms with Crippen molar-refractivity contribution in [3.8, 4) is 0 Å². The van der Waals surface area contributed by atoms with Crippen LogP contribution in [0.5, 0.6) is 0 Å². The molecule has 0 rings (SSSR count). The first-order valence-electron chi connectivity index (χ1n) is 0. The zero-order valence-corrected chi connectivity index (χ0v) is 8.08. The van der Waals surface area contributed by atoms with Gasteiger partial charge in [0.2, 0.25) is 0 Å². The Labute approximate surface area is 81.3 Å². The van der Waals surface area contributed by atoms with E-state index in [0.29, 0.717) is 0 Å². The summed E-state index contributed by atoms with van der Waals surface area (Å²) in [5, 5.41) is 0. The van der Waals surface area contributed by atoms with Crippen LogP contribution in [0.25, 0.3) is 0 Å². The van der Waals surface area contributed by atoms with Gasteiger partial charge in [-0.25, -0.2) is 0 Å². The second-order valence-electron chi connectivity index (χ2n) is 0. The monoisotopic (exact) mass is 116 g/mol. The molecule has 0 aliphatic carbocycles. The molecule has 0 bridgehead atoms. The summed E-state index contributed by atoms with van der Waals surface area (Å²) in [5.74, 6) is 0. The van der Waals surface area contributed by atoms with Crippen LogP contribution in [-0.2, 0) is 0 Å². The molecular formula is H3ClNa2O2.